The second kappa shape index (κ2) is 6.38. The van der Waals surface area contributed by atoms with Gasteiger partial charge in [0, 0.05) is 36.1 Å². The van der Waals surface area contributed by atoms with Crippen LogP contribution in [0, 0.1) is 11.6 Å². The lowest BCUT2D eigenvalue weighted by atomic mass is 9.97. The summed E-state index contributed by atoms with van der Waals surface area (Å²) in [7, 11) is 0. The van der Waals surface area contributed by atoms with Crippen molar-refractivity contribution in [3.8, 4) is 0 Å². The predicted octanol–water partition coefficient (Wildman–Crippen LogP) is 2.94. The molecule has 0 spiro atoms. The summed E-state index contributed by atoms with van der Waals surface area (Å²) < 4.78 is 27.5. The van der Waals surface area contributed by atoms with Crippen LogP contribution in [0.5, 0.6) is 0 Å². The van der Waals surface area contributed by atoms with Crippen molar-refractivity contribution in [3.63, 3.8) is 0 Å². The number of hydrogen-bond acceptors (Lipinski definition) is 4. The largest absolute Gasteiger partial charge is 0.386 e. The van der Waals surface area contributed by atoms with Crippen LogP contribution in [-0.4, -0.2) is 28.8 Å². The molecule has 128 valence electrons. The van der Waals surface area contributed by atoms with E-state index in [2.05, 4.69) is 20.9 Å². The number of nitrogens with two attached hydrogens (primary N) is 1. The van der Waals surface area contributed by atoms with Gasteiger partial charge in [-0.05, 0) is 52.7 Å². The van der Waals surface area contributed by atoms with Gasteiger partial charge in [0.05, 0.1) is 11.3 Å². The van der Waals surface area contributed by atoms with E-state index in [-0.39, 0.29) is 0 Å². The summed E-state index contributed by atoms with van der Waals surface area (Å²) in [4.78, 5) is 6.53. The molecule has 1 aliphatic heterocycles. The van der Waals surface area contributed by atoms with E-state index >= 15 is 0 Å². The summed E-state index contributed by atoms with van der Waals surface area (Å²) in [5.74, 6) is -0.551. The van der Waals surface area contributed by atoms with Gasteiger partial charge in [0.1, 0.15) is 17.5 Å². The maximum Gasteiger partial charge on any atom is 0.129 e. The summed E-state index contributed by atoms with van der Waals surface area (Å²) >= 11 is 3.44. The number of aromatic nitrogens is 1. The van der Waals surface area contributed by atoms with Crippen LogP contribution >= 0.6 is 15.9 Å². The SMILES string of the molecule is CC1(O)CN(c2ccc(Br)c(CC(N)c3cc(F)cc(F)c3)n2)C1. The lowest BCUT2D eigenvalue weighted by Crippen LogP contribution is -2.60. The molecule has 0 aliphatic carbocycles. The van der Waals surface area contributed by atoms with Gasteiger partial charge in [0.25, 0.3) is 0 Å². The lowest BCUT2D eigenvalue weighted by molar-refractivity contribution is 0.0305. The minimum absolute atomic E-state index is 0.335. The first-order valence-electron chi connectivity index (χ1n) is 7.58. The molecule has 1 unspecified atom stereocenters. The van der Waals surface area contributed by atoms with E-state index in [1.807, 2.05) is 17.0 Å². The third kappa shape index (κ3) is 3.74. The number of benzene rings is 1. The predicted molar refractivity (Wildman–Crippen MR) is 91.8 cm³/mol. The van der Waals surface area contributed by atoms with Crippen molar-refractivity contribution in [2.24, 2.45) is 5.73 Å². The maximum atomic E-state index is 13.4. The van der Waals surface area contributed by atoms with Gasteiger partial charge in [0.2, 0.25) is 0 Å². The zero-order valence-electron chi connectivity index (χ0n) is 13.1. The summed E-state index contributed by atoms with van der Waals surface area (Å²) in [6.45, 7) is 2.81. The standard InChI is InChI=1S/C17H18BrF2N3O/c1-17(24)8-23(9-17)16-3-2-13(18)15(22-16)7-14(21)10-4-11(19)6-12(20)5-10/h2-6,14,24H,7-9,21H2,1H3. The van der Waals surface area contributed by atoms with Crippen LogP contribution < -0.4 is 10.6 Å². The van der Waals surface area contributed by atoms with E-state index in [9.17, 15) is 13.9 Å². The first-order valence-corrected chi connectivity index (χ1v) is 8.37. The molecule has 3 N–H and O–H groups in total. The number of anilines is 1. The number of hydrogen-bond donors (Lipinski definition) is 2. The number of nitrogens with zero attached hydrogens (tertiary/aromatic N) is 2. The third-order valence-electron chi connectivity index (χ3n) is 4.02. The molecule has 1 fully saturated rings. The molecule has 3 rings (SSSR count). The molecule has 1 aromatic heterocycles. The molecule has 7 heteroatoms. The van der Waals surface area contributed by atoms with Gasteiger partial charge in [-0.15, -0.1) is 0 Å². The Balaban J connectivity index is 1.79. The molecule has 0 amide bonds. The second-order valence-corrected chi connectivity index (χ2v) is 7.32. The Bertz CT molecular complexity index is 741. The minimum atomic E-state index is -0.690. The molecule has 0 bridgehead atoms. The zero-order chi connectivity index (χ0) is 17.5. The minimum Gasteiger partial charge on any atom is -0.386 e. The first-order chi connectivity index (χ1) is 11.2. The molecular formula is C17H18BrF2N3O. The highest BCUT2D eigenvalue weighted by Crippen LogP contribution is 2.29. The molecule has 2 heterocycles. The van der Waals surface area contributed by atoms with Crippen LogP contribution in [0.15, 0.2) is 34.8 Å². The monoisotopic (exact) mass is 397 g/mol. The Labute approximate surface area is 147 Å². The van der Waals surface area contributed by atoms with Crippen LogP contribution in [0.1, 0.15) is 24.2 Å². The van der Waals surface area contributed by atoms with E-state index in [0.29, 0.717) is 30.8 Å². The summed E-state index contributed by atoms with van der Waals surface area (Å²) in [5.41, 5.74) is 6.50. The van der Waals surface area contributed by atoms with Gasteiger partial charge >= 0.3 is 0 Å². The van der Waals surface area contributed by atoms with Crippen molar-refractivity contribution in [2.75, 3.05) is 18.0 Å². The Morgan fingerprint density at radius 3 is 2.50 bits per heavy atom. The van der Waals surface area contributed by atoms with E-state index in [1.54, 1.807) is 6.92 Å². The molecule has 1 atom stereocenters. The number of rotatable bonds is 4. The molecule has 2 aromatic rings. The molecule has 4 nitrogen and oxygen atoms in total. The van der Waals surface area contributed by atoms with Gasteiger partial charge in [-0.1, -0.05) is 0 Å². The smallest absolute Gasteiger partial charge is 0.129 e. The number of β-amino-alcohol motifs (C(OH)–C–C–N with tert-alkyl or cyclic N) is 1. The fourth-order valence-electron chi connectivity index (χ4n) is 2.85. The van der Waals surface area contributed by atoms with Crippen molar-refractivity contribution in [1.82, 2.24) is 4.98 Å². The van der Waals surface area contributed by atoms with Crippen molar-refractivity contribution >= 4 is 21.7 Å². The zero-order valence-corrected chi connectivity index (χ0v) is 14.7. The van der Waals surface area contributed by atoms with Crippen LogP contribution in [-0.2, 0) is 6.42 Å². The molecular weight excluding hydrogens is 380 g/mol. The maximum absolute atomic E-state index is 13.4. The third-order valence-corrected chi connectivity index (χ3v) is 4.74. The quantitative estimate of drug-likeness (QED) is 0.832. The molecule has 24 heavy (non-hydrogen) atoms. The van der Waals surface area contributed by atoms with E-state index in [1.165, 1.54) is 12.1 Å². The summed E-state index contributed by atoms with van der Waals surface area (Å²) in [6, 6.07) is 6.44. The molecule has 0 saturated carbocycles. The first kappa shape index (κ1) is 17.3. The summed E-state index contributed by atoms with van der Waals surface area (Å²) in [5, 5.41) is 9.85. The Kier molecular flexibility index (Phi) is 4.59. The number of aliphatic hydroxyl groups is 1. The van der Waals surface area contributed by atoms with E-state index in [4.69, 9.17) is 5.73 Å². The van der Waals surface area contributed by atoms with Crippen molar-refractivity contribution in [3.05, 3.63) is 57.7 Å². The highest BCUT2D eigenvalue weighted by Gasteiger charge is 2.37. The topological polar surface area (TPSA) is 62.4 Å². The van der Waals surface area contributed by atoms with Gasteiger partial charge in [-0.25, -0.2) is 13.8 Å². The van der Waals surface area contributed by atoms with Crippen LogP contribution in [0.25, 0.3) is 0 Å². The Hall–Kier alpha value is -1.57. The molecule has 1 saturated heterocycles. The molecule has 1 aliphatic rings. The molecule has 0 radical (unpaired) electrons. The highest BCUT2D eigenvalue weighted by molar-refractivity contribution is 9.10. The fourth-order valence-corrected chi connectivity index (χ4v) is 3.23. The second-order valence-electron chi connectivity index (χ2n) is 6.46. The average molecular weight is 398 g/mol. The highest BCUT2D eigenvalue weighted by atomic mass is 79.9. The van der Waals surface area contributed by atoms with Crippen molar-refractivity contribution in [2.45, 2.75) is 25.0 Å². The average Bonchev–Trinajstić information content (AvgIpc) is 2.46. The van der Waals surface area contributed by atoms with Crippen molar-refractivity contribution < 1.29 is 13.9 Å². The van der Waals surface area contributed by atoms with Crippen LogP contribution in [0.3, 0.4) is 0 Å². The van der Waals surface area contributed by atoms with E-state index < -0.39 is 23.3 Å². The van der Waals surface area contributed by atoms with Gasteiger partial charge in [-0.2, -0.15) is 0 Å². The van der Waals surface area contributed by atoms with Crippen LogP contribution in [0.4, 0.5) is 14.6 Å². The fraction of sp³-hybridized carbons (Fsp3) is 0.353. The van der Waals surface area contributed by atoms with Gasteiger partial charge in [0.15, 0.2) is 0 Å². The molecule has 1 aromatic carbocycles. The Morgan fingerprint density at radius 1 is 1.29 bits per heavy atom. The van der Waals surface area contributed by atoms with Gasteiger partial charge in [-0.3, -0.25) is 0 Å². The van der Waals surface area contributed by atoms with Crippen LogP contribution in [0.2, 0.25) is 0 Å². The summed E-state index contributed by atoms with van der Waals surface area (Å²) in [6.07, 6.45) is 0.335. The Morgan fingerprint density at radius 2 is 1.92 bits per heavy atom. The van der Waals surface area contributed by atoms with Crippen molar-refractivity contribution in [1.29, 1.82) is 0 Å². The number of halogens is 3. The van der Waals surface area contributed by atoms with Gasteiger partial charge < -0.3 is 15.7 Å². The number of pyridine rings is 1. The lowest BCUT2D eigenvalue weighted by Gasteiger charge is -2.45. The normalized spacial score (nSPS) is 17.5. The van der Waals surface area contributed by atoms with E-state index in [0.717, 1.165) is 16.4 Å².